The zero-order valence-corrected chi connectivity index (χ0v) is 13.1. The maximum absolute atomic E-state index is 3.92. The van der Waals surface area contributed by atoms with Gasteiger partial charge in [-0.2, -0.15) is 11.8 Å². The standard InChI is InChI=1S/C16H29NS/c1-11(10-18-3)17-12(2)16-7-13-4-14(8-16)6-15(5-13)9-16/h11-15,17H,4-10H2,1-3H3. The Hall–Kier alpha value is 0.310. The van der Waals surface area contributed by atoms with Crippen molar-refractivity contribution in [3.63, 3.8) is 0 Å². The highest BCUT2D eigenvalue weighted by molar-refractivity contribution is 7.98. The van der Waals surface area contributed by atoms with E-state index in [0.717, 1.165) is 23.8 Å². The van der Waals surface area contributed by atoms with Crippen molar-refractivity contribution in [3.8, 4) is 0 Å². The summed E-state index contributed by atoms with van der Waals surface area (Å²) < 4.78 is 0. The van der Waals surface area contributed by atoms with Crippen LogP contribution in [0, 0.1) is 23.2 Å². The highest BCUT2D eigenvalue weighted by Crippen LogP contribution is 2.61. The van der Waals surface area contributed by atoms with Gasteiger partial charge in [0.05, 0.1) is 0 Å². The largest absolute Gasteiger partial charge is 0.310 e. The van der Waals surface area contributed by atoms with E-state index in [-0.39, 0.29) is 0 Å². The summed E-state index contributed by atoms with van der Waals surface area (Å²) in [7, 11) is 0. The van der Waals surface area contributed by atoms with E-state index < -0.39 is 0 Å². The van der Waals surface area contributed by atoms with Gasteiger partial charge >= 0.3 is 0 Å². The molecular formula is C16H29NS. The summed E-state index contributed by atoms with van der Waals surface area (Å²) in [6.07, 6.45) is 11.5. The van der Waals surface area contributed by atoms with Gasteiger partial charge in [0.25, 0.3) is 0 Å². The number of rotatable bonds is 5. The van der Waals surface area contributed by atoms with E-state index in [1.165, 1.54) is 25.0 Å². The Bertz CT molecular complexity index is 266. The smallest absolute Gasteiger partial charge is 0.0132 e. The van der Waals surface area contributed by atoms with Gasteiger partial charge in [-0.1, -0.05) is 0 Å². The maximum Gasteiger partial charge on any atom is 0.0132 e. The summed E-state index contributed by atoms with van der Waals surface area (Å²) in [4.78, 5) is 0. The summed E-state index contributed by atoms with van der Waals surface area (Å²) in [6.45, 7) is 4.83. The van der Waals surface area contributed by atoms with Crippen molar-refractivity contribution in [2.24, 2.45) is 23.2 Å². The fourth-order valence-corrected chi connectivity index (χ4v) is 6.21. The van der Waals surface area contributed by atoms with Crippen molar-refractivity contribution < 1.29 is 0 Å². The number of thioether (sulfide) groups is 1. The number of nitrogens with one attached hydrogen (secondary N) is 1. The summed E-state index contributed by atoms with van der Waals surface area (Å²) in [5.74, 6) is 4.49. The molecule has 0 aromatic heterocycles. The zero-order chi connectivity index (χ0) is 12.8. The molecule has 0 amide bonds. The van der Waals surface area contributed by atoms with Gasteiger partial charge in [0.2, 0.25) is 0 Å². The minimum Gasteiger partial charge on any atom is -0.310 e. The van der Waals surface area contributed by atoms with Crippen molar-refractivity contribution in [2.75, 3.05) is 12.0 Å². The van der Waals surface area contributed by atoms with Gasteiger partial charge in [-0.05, 0) is 81.8 Å². The van der Waals surface area contributed by atoms with Gasteiger partial charge in [-0.25, -0.2) is 0 Å². The molecule has 18 heavy (non-hydrogen) atoms. The molecule has 0 heterocycles. The van der Waals surface area contributed by atoms with Crippen LogP contribution in [0.2, 0.25) is 0 Å². The molecule has 4 bridgehead atoms. The monoisotopic (exact) mass is 267 g/mol. The van der Waals surface area contributed by atoms with E-state index in [1.54, 1.807) is 19.3 Å². The first-order valence-corrected chi connectivity index (χ1v) is 9.25. The molecule has 4 rings (SSSR count). The van der Waals surface area contributed by atoms with Crippen LogP contribution in [0.5, 0.6) is 0 Å². The zero-order valence-electron chi connectivity index (χ0n) is 12.2. The van der Waals surface area contributed by atoms with Gasteiger partial charge in [0, 0.05) is 17.8 Å². The van der Waals surface area contributed by atoms with Crippen LogP contribution in [0.1, 0.15) is 52.4 Å². The molecule has 2 heteroatoms. The molecule has 0 aromatic rings. The molecule has 4 aliphatic carbocycles. The SMILES string of the molecule is CSCC(C)NC(C)C12CC3CC(CC(C3)C1)C2. The van der Waals surface area contributed by atoms with Crippen molar-refractivity contribution in [2.45, 2.75) is 64.5 Å². The predicted octanol–water partition coefficient (Wildman–Crippen LogP) is 3.93. The van der Waals surface area contributed by atoms with Crippen molar-refractivity contribution >= 4 is 11.8 Å². The summed E-state index contributed by atoms with van der Waals surface area (Å²) in [5, 5.41) is 3.92. The van der Waals surface area contributed by atoms with E-state index in [9.17, 15) is 0 Å². The van der Waals surface area contributed by atoms with E-state index in [1.807, 2.05) is 11.8 Å². The second-order valence-electron chi connectivity index (χ2n) is 7.52. The minimum atomic E-state index is 0.668. The molecule has 1 nitrogen and oxygen atoms in total. The quantitative estimate of drug-likeness (QED) is 0.810. The van der Waals surface area contributed by atoms with Gasteiger partial charge in [0.1, 0.15) is 0 Å². The molecule has 104 valence electrons. The second-order valence-corrected chi connectivity index (χ2v) is 8.44. The van der Waals surface area contributed by atoms with Crippen LogP contribution in [0.3, 0.4) is 0 Å². The summed E-state index contributed by atoms with van der Waals surface area (Å²) in [5.41, 5.74) is 0.668. The molecule has 2 unspecified atom stereocenters. The van der Waals surface area contributed by atoms with Crippen LogP contribution in [-0.2, 0) is 0 Å². The number of hydrogen-bond acceptors (Lipinski definition) is 2. The first-order chi connectivity index (χ1) is 8.61. The predicted molar refractivity (Wildman–Crippen MR) is 81.0 cm³/mol. The topological polar surface area (TPSA) is 12.0 Å². The van der Waals surface area contributed by atoms with Gasteiger partial charge in [-0.15, -0.1) is 0 Å². The second kappa shape index (κ2) is 5.01. The Morgan fingerprint density at radius 1 is 1.06 bits per heavy atom. The van der Waals surface area contributed by atoms with Crippen molar-refractivity contribution in [1.29, 1.82) is 0 Å². The Kier molecular flexibility index (Phi) is 3.70. The van der Waals surface area contributed by atoms with Crippen LogP contribution < -0.4 is 5.32 Å². The number of hydrogen-bond donors (Lipinski definition) is 1. The first-order valence-electron chi connectivity index (χ1n) is 7.86. The first kappa shape index (κ1) is 13.3. The van der Waals surface area contributed by atoms with E-state index >= 15 is 0 Å². The van der Waals surface area contributed by atoms with E-state index in [2.05, 4.69) is 25.4 Å². The van der Waals surface area contributed by atoms with Gasteiger partial charge < -0.3 is 5.32 Å². The van der Waals surface area contributed by atoms with E-state index in [4.69, 9.17) is 0 Å². The molecule has 4 aliphatic rings. The van der Waals surface area contributed by atoms with Gasteiger partial charge in [0.15, 0.2) is 0 Å². The molecule has 0 saturated heterocycles. The highest BCUT2D eigenvalue weighted by atomic mass is 32.2. The molecule has 4 saturated carbocycles. The van der Waals surface area contributed by atoms with Crippen LogP contribution in [0.25, 0.3) is 0 Å². The average molecular weight is 267 g/mol. The van der Waals surface area contributed by atoms with Crippen molar-refractivity contribution in [3.05, 3.63) is 0 Å². The average Bonchev–Trinajstić information content (AvgIpc) is 2.27. The lowest BCUT2D eigenvalue weighted by molar-refractivity contribution is -0.0714. The normalized spacial score (nSPS) is 45.2. The third-order valence-electron chi connectivity index (χ3n) is 5.96. The van der Waals surface area contributed by atoms with Gasteiger partial charge in [-0.3, -0.25) is 0 Å². The Morgan fingerprint density at radius 3 is 2.00 bits per heavy atom. The Morgan fingerprint density at radius 2 is 1.56 bits per heavy atom. The molecule has 0 radical (unpaired) electrons. The molecule has 4 fully saturated rings. The lowest BCUT2D eigenvalue weighted by Crippen LogP contribution is -2.56. The molecule has 1 N–H and O–H groups in total. The van der Waals surface area contributed by atoms with Crippen LogP contribution >= 0.6 is 11.8 Å². The lowest BCUT2D eigenvalue weighted by atomic mass is 9.48. The fourth-order valence-electron chi connectivity index (χ4n) is 5.61. The molecule has 0 aromatic carbocycles. The Balaban J connectivity index is 1.67. The Labute approximate surface area is 117 Å². The molecule has 2 atom stereocenters. The third-order valence-corrected chi connectivity index (χ3v) is 6.79. The summed E-state index contributed by atoms with van der Waals surface area (Å²) >= 11 is 1.97. The molecular weight excluding hydrogens is 238 g/mol. The van der Waals surface area contributed by atoms with E-state index in [0.29, 0.717) is 11.5 Å². The van der Waals surface area contributed by atoms with Crippen LogP contribution in [0.15, 0.2) is 0 Å². The van der Waals surface area contributed by atoms with Crippen molar-refractivity contribution in [1.82, 2.24) is 5.32 Å². The van der Waals surface area contributed by atoms with Crippen LogP contribution in [0.4, 0.5) is 0 Å². The van der Waals surface area contributed by atoms with Crippen LogP contribution in [-0.4, -0.2) is 24.1 Å². The third kappa shape index (κ3) is 2.35. The minimum absolute atomic E-state index is 0.668. The molecule has 0 aliphatic heterocycles. The lowest BCUT2D eigenvalue weighted by Gasteiger charge is -2.59. The maximum atomic E-state index is 3.92. The molecule has 0 spiro atoms. The summed E-state index contributed by atoms with van der Waals surface area (Å²) in [6, 6.07) is 1.40. The fraction of sp³-hybridized carbons (Fsp3) is 1.00. The highest BCUT2D eigenvalue weighted by Gasteiger charge is 2.53.